The average Bonchev–Trinajstić information content (AvgIpc) is 3.41. The van der Waals surface area contributed by atoms with Gasteiger partial charge in [-0.2, -0.15) is 4.98 Å². The van der Waals surface area contributed by atoms with Crippen molar-refractivity contribution in [1.29, 1.82) is 0 Å². The van der Waals surface area contributed by atoms with E-state index in [0.29, 0.717) is 51.2 Å². The molecule has 2 aliphatic heterocycles. The van der Waals surface area contributed by atoms with Crippen LogP contribution in [0.25, 0.3) is 22.6 Å². The Labute approximate surface area is 246 Å². The molecule has 2 atom stereocenters. The zero-order chi connectivity index (χ0) is 28.2. The first kappa shape index (κ1) is 26.5. The van der Waals surface area contributed by atoms with Gasteiger partial charge in [-0.3, -0.25) is 0 Å². The summed E-state index contributed by atoms with van der Waals surface area (Å²) in [6, 6.07) is 11.4. The van der Waals surface area contributed by atoms with Gasteiger partial charge >= 0.3 is 12.0 Å². The third-order valence-electron chi connectivity index (χ3n) is 8.47. The fourth-order valence-electron chi connectivity index (χ4n) is 6.31. The van der Waals surface area contributed by atoms with Crippen LogP contribution in [0.4, 0.5) is 6.01 Å². The molecule has 7 rings (SSSR count). The van der Waals surface area contributed by atoms with Crippen molar-refractivity contribution in [3.05, 3.63) is 68.9 Å². The molecule has 1 aliphatic carbocycles. The molecular formula is C30H28Cl2N4O5. The van der Waals surface area contributed by atoms with E-state index < -0.39 is 5.97 Å². The number of nitrogens with zero attached hydrogens (tertiary/aromatic N) is 4. The Hall–Kier alpha value is -3.40. The Morgan fingerprint density at radius 1 is 1.05 bits per heavy atom. The summed E-state index contributed by atoms with van der Waals surface area (Å²) in [5, 5.41) is 19.0. The topological polar surface area (TPSA) is 115 Å². The number of aromatic carboxylic acids is 1. The Morgan fingerprint density at radius 2 is 1.78 bits per heavy atom. The van der Waals surface area contributed by atoms with Gasteiger partial charge in [0.1, 0.15) is 11.5 Å². The number of anilines is 1. The highest BCUT2D eigenvalue weighted by Gasteiger charge is 2.44. The number of piperidine rings is 1. The first-order chi connectivity index (χ1) is 19.9. The van der Waals surface area contributed by atoms with Crippen molar-refractivity contribution in [2.45, 2.75) is 76.2 Å². The van der Waals surface area contributed by atoms with Crippen LogP contribution in [0.1, 0.15) is 71.7 Å². The minimum absolute atomic E-state index is 0.0638. The molecule has 41 heavy (non-hydrogen) atoms. The van der Waals surface area contributed by atoms with Gasteiger partial charge in [-0.05, 0) is 75.3 Å². The summed E-state index contributed by atoms with van der Waals surface area (Å²) in [6.45, 7) is 2.14. The van der Waals surface area contributed by atoms with Gasteiger partial charge in [0.15, 0.2) is 0 Å². The molecule has 0 radical (unpaired) electrons. The second kappa shape index (κ2) is 10.5. The smallest absolute Gasteiger partial charge is 0.335 e. The Balaban J connectivity index is 1.07. The molecule has 212 valence electrons. The second-order valence-corrected chi connectivity index (χ2v) is 12.0. The summed E-state index contributed by atoms with van der Waals surface area (Å²) in [4.78, 5) is 18.3. The lowest BCUT2D eigenvalue weighted by Crippen LogP contribution is -2.45. The van der Waals surface area contributed by atoms with Gasteiger partial charge in [0, 0.05) is 34.7 Å². The molecular weight excluding hydrogens is 567 g/mol. The molecule has 1 saturated carbocycles. The molecule has 9 nitrogen and oxygen atoms in total. The first-order valence-corrected chi connectivity index (χ1v) is 14.6. The molecule has 2 saturated heterocycles. The molecule has 4 aromatic rings. The molecule has 0 spiro atoms. The van der Waals surface area contributed by atoms with Crippen molar-refractivity contribution in [3.63, 3.8) is 0 Å². The van der Waals surface area contributed by atoms with Gasteiger partial charge in [-0.25, -0.2) is 4.79 Å². The van der Waals surface area contributed by atoms with E-state index in [9.17, 15) is 9.90 Å². The molecule has 11 heteroatoms. The number of rotatable bonds is 8. The number of fused-ring (bicyclic) bond motifs is 2. The highest BCUT2D eigenvalue weighted by atomic mass is 35.5. The van der Waals surface area contributed by atoms with Crippen LogP contribution in [0.2, 0.25) is 10.0 Å². The van der Waals surface area contributed by atoms with Gasteiger partial charge in [-0.1, -0.05) is 45.6 Å². The van der Waals surface area contributed by atoms with E-state index in [1.165, 1.54) is 0 Å². The van der Waals surface area contributed by atoms with Gasteiger partial charge in [0.05, 0.1) is 28.3 Å². The van der Waals surface area contributed by atoms with Crippen molar-refractivity contribution < 1.29 is 23.7 Å². The zero-order valence-corrected chi connectivity index (χ0v) is 23.9. The summed E-state index contributed by atoms with van der Waals surface area (Å²) < 4.78 is 18.1. The summed E-state index contributed by atoms with van der Waals surface area (Å²) >= 11 is 13.0. The molecule has 2 bridgehead atoms. The summed E-state index contributed by atoms with van der Waals surface area (Å²) in [5.74, 6) is 0.733. The van der Waals surface area contributed by atoms with Crippen molar-refractivity contribution in [2.24, 2.45) is 0 Å². The van der Waals surface area contributed by atoms with E-state index in [-0.39, 0.29) is 23.8 Å². The van der Waals surface area contributed by atoms with Crippen LogP contribution in [0.3, 0.4) is 0 Å². The van der Waals surface area contributed by atoms with Crippen LogP contribution in [0.5, 0.6) is 0 Å². The van der Waals surface area contributed by atoms with E-state index in [2.05, 4.69) is 20.2 Å². The largest absolute Gasteiger partial charge is 0.478 e. The summed E-state index contributed by atoms with van der Waals surface area (Å²) in [7, 11) is 0. The highest BCUT2D eigenvalue weighted by Crippen LogP contribution is 2.47. The third-order valence-corrected chi connectivity index (χ3v) is 9.10. The van der Waals surface area contributed by atoms with Gasteiger partial charge in [0.2, 0.25) is 5.82 Å². The van der Waals surface area contributed by atoms with Crippen LogP contribution in [0, 0.1) is 6.92 Å². The lowest BCUT2D eigenvalue weighted by atomic mass is 9.99. The van der Waals surface area contributed by atoms with E-state index in [1.54, 1.807) is 25.1 Å². The number of carbonyl (C=O) groups is 1. The van der Waals surface area contributed by atoms with Crippen molar-refractivity contribution in [3.8, 4) is 22.6 Å². The predicted octanol–water partition coefficient (Wildman–Crippen LogP) is 7.30. The zero-order valence-electron chi connectivity index (χ0n) is 22.3. The quantitative estimate of drug-likeness (QED) is 0.224. The Morgan fingerprint density at radius 3 is 2.44 bits per heavy atom. The summed E-state index contributed by atoms with van der Waals surface area (Å²) in [6.07, 6.45) is 5.95. The number of ether oxygens (including phenoxy) is 1. The maximum atomic E-state index is 11.4. The number of benzene rings is 2. The van der Waals surface area contributed by atoms with Crippen LogP contribution < -0.4 is 4.90 Å². The van der Waals surface area contributed by atoms with Crippen molar-refractivity contribution >= 4 is 35.2 Å². The van der Waals surface area contributed by atoms with E-state index in [1.807, 2.05) is 18.2 Å². The van der Waals surface area contributed by atoms with E-state index in [0.717, 1.165) is 55.4 Å². The fourth-order valence-corrected chi connectivity index (χ4v) is 6.88. The van der Waals surface area contributed by atoms with Crippen LogP contribution in [0.15, 0.2) is 45.4 Å². The van der Waals surface area contributed by atoms with Crippen molar-refractivity contribution in [2.75, 3.05) is 4.90 Å². The average molecular weight is 595 g/mol. The molecule has 2 aromatic carbocycles. The first-order valence-electron chi connectivity index (χ1n) is 13.9. The third kappa shape index (κ3) is 4.90. The van der Waals surface area contributed by atoms with Crippen LogP contribution >= 0.6 is 23.2 Å². The van der Waals surface area contributed by atoms with E-state index >= 15 is 0 Å². The minimum Gasteiger partial charge on any atom is -0.478 e. The Kier molecular flexibility index (Phi) is 6.76. The number of aryl methyl sites for hydroxylation is 1. The lowest BCUT2D eigenvalue weighted by molar-refractivity contribution is 0.0138. The molecule has 2 unspecified atom stereocenters. The molecule has 0 amide bonds. The minimum atomic E-state index is -0.957. The molecule has 3 fully saturated rings. The number of halogens is 2. The second-order valence-electron chi connectivity index (χ2n) is 11.2. The monoisotopic (exact) mass is 594 g/mol. The maximum Gasteiger partial charge on any atom is 0.335 e. The lowest BCUT2D eigenvalue weighted by Gasteiger charge is -2.37. The standard InChI is InChI=1S/C30H28Cl2N4O5/c1-15-11-17(7-10-21(15)29(37)38)28-33-30(41-35-28)36-18-8-9-19(36)13-20(12-18)39-14-22-26(34-40-27(22)16-5-6-16)25-23(31)3-2-4-24(25)32/h2-4,7,10-11,16,18-20H,5-6,8-9,12-14H2,1H3,(H,37,38). The number of hydrogen-bond donors (Lipinski definition) is 1. The normalized spacial score (nSPS) is 21.9. The Bertz CT molecular complexity index is 1600. The fraction of sp³-hybridized carbons (Fsp3) is 0.400. The molecule has 3 aliphatic rings. The SMILES string of the molecule is Cc1cc(-c2noc(N3C4CCC3CC(OCc3c(-c5c(Cl)cccc5Cl)noc3C3CC3)C4)n2)ccc1C(=O)O. The van der Waals surface area contributed by atoms with Crippen molar-refractivity contribution in [1.82, 2.24) is 15.3 Å². The molecule has 2 aromatic heterocycles. The molecule has 4 heterocycles. The number of carboxylic acid groups (broad SMARTS) is 1. The number of carboxylic acids is 1. The van der Waals surface area contributed by atoms with Crippen LogP contribution in [-0.4, -0.2) is 44.6 Å². The number of hydrogen-bond acceptors (Lipinski definition) is 8. The summed E-state index contributed by atoms with van der Waals surface area (Å²) in [5.41, 5.74) is 3.91. The van der Waals surface area contributed by atoms with Gasteiger partial charge in [0.25, 0.3) is 0 Å². The van der Waals surface area contributed by atoms with E-state index in [4.69, 9.17) is 37.0 Å². The predicted molar refractivity (Wildman–Crippen MR) is 152 cm³/mol. The maximum absolute atomic E-state index is 11.4. The number of aromatic nitrogens is 3. The van der Waals surface area contributed by atoms with Gasteiger partial charge in [-0.15, -0.1) is 0 Å². The molecule has 1 N–H and O–H groups in total. The highest BCUT2D eigenvalue weighted by molar-refractivity contribution is 6.39. The van der Waals surface area contributed by atoms with Gasteiger partial charge < -0.3 is 23.8 Å². The van der Waals surface area contributed by atoms with Crippen LogP contribution in [-0.2, 0) is 11.3 Å².